The fourth-order valence-corrected chi connectivity index (χ4v) is 1.61. The van der Waals surface area contributed by atoms with E-state index in [1.165, 1.54) is 0 Å². The molecule has 1 rings (SSSR count). The minimum absolute atomic E-state index is 0.0471. The Bertz CT molecular complexity index is 374. The highest BCUT2D eigenvalue weighted by Crippen LogP contribution is 2.21. The highest BCUT2D eigenvalue weighted by atomic mass is 16.1. The number of hydrogen-bond acceptors (Lipinski definition) is 2. The van der Waals surface area contributed by atoms with Gasteiger partial charge < -0.3 is 11.1 Å². The molecule has 3 N–H and O–H groups in total. The first-order chi connectivity index (χ1) is 7.56. The van der Waals surface area contributed by atoms with E-state index < -0.39 is 0 Å². The Morgan fingerprint density at radius 2 is 2.19 bits per heavy atom. The maximum Gasteiger partial charge on any atom is 0.227 e. The molecule has 1 aromatic carbocycles. The van der Waals surface area contributed by atoms with Crippen molar-refractivity contribution >= 4 is 17.3 Å². The minimum atomic E-state index is 0.0471. The fourth-order valence-electron chi connectivity index (χ4n) is 1.61. The fraction of sp³-hybridized carbons (Fsp3) is 0.462. The molecule has 0 spiro atoms. The number of carbonyl (C=O) groups excluding carboxylic acids is 1. The van der Waals surface area contributed by atoms with Crippen molar-refractivity contribution in [1.82, 2.24) is 0 Å². The first kappa shape index (κ1) is 12.6. The molecule has 3 nitrogen and oxygen atoms in total. The number of nitrogen functional groups attached to an aromatic ring is 1. The van der Waals surface area contributed by atoms with Crippen LogP contribution >= 0.6 is 0 Å². The molecular formula is C13H20N2O. The summed E-state index contributed by atoms with van der Waals surface area (Å²) in [6, 6.07) is 5.56. The van der Waals surface area contributed by atoms with Gasteiger partial charge >= 0.3 is 0 Å². The number of rotatable bonds is 4. The van der Waals surface area contributed by atoms with Crippen LogP contribution in [0, 0.1) is 12.8 Å². The van der Waals surface area contributed by atoms with Crippen molar-refractivity contribution in [3.63, 3.8) is 0 Å². The van der Waals surface area contributed by atoms with E-state index in [0.717, 1.165) is 24.1 Å². The van der Waals surface area contributed by atoms with Crippen LogP contribution in [0.25, 0.3) is 0 Å². The third-order valence-corrected chi connectivity index (χ3v) is 2.80. The molecule has 1 atom stereocenters. The van der Waals surface area contributed by atoms with Gasteiger partial charge in [0, 0.05) is 17.3 Å². The molecule has 0 saturated heterocycles. The van der Waals surface area contributed by atoms with Crippen LogP contribution in [0.4, 0.5) is 11.4 Å². The number of amides is 1. The number of anilines is 2. The molecule has 0 saturated carbocycles. The summed E-state index contributed by atoms with van der Waals surface area (Å²) in [5, 5.41) is 2.92. The maximum absolute atomic E-state index is 11.8. The topological polar surface area (TPSA) is 55.1 Å². The average Bonchev–Trinajstić information content (AvgIpc) is 2.25. The van der Waals surface area contributed by atoms with Crippen molar-refractivity contribution in [1.29, 1.82) is 0 Å². The Labute approximate surface area is 97.0 Å². The largest absolute Gasteiger partial charge is 0.398 e. The Kier molecular flexibility index (Phi) is 4.35. The van der Waals surface area contributed by atoms with Crippen LogP contribution in [0.3, 0.4) is 0 Å². The van der Waals surface area contributed by atoms with Crippen LogP contribution in [0.15, 0.2) is 18.2 Å². The molecule has 0 aliphatic carbocycles. The molecule has 1 aromatic rings. The van der Waals surface area contributed by atoms with Crippen molar-refractivity contribution in [2.24, 2.45) is 5.92 Å². The summed E-state index contributed by atoms with van der Waals surface area (Å²) in [7, 11) is 0. The van der Waals surface area contributed by atoms with Crippen LogP contribution in [0.5, 0.6) is 0 Å². The van der Waals surface area contributed by atoms with Gasteiger partial charge in [-0.05, 0) is 31.0 Å². The normalized spacial score (nSPS) is 12.2. The van der Waals surface area contributed by atoms with E-state index in [2.05, 4.69) is 12.2 Å². The predicted octanol–water partition coefficient (Wildman–Crippen LogP) is 2.95. The van der Waals surface area contributed by atoms with E-state index in [9.17, 15) is 4.79 Å². The van der Waals surface area contributed by atoms with Crippen LogP contribution < -0.4 is 11.1 Å². The highest BCUT2D eigenvalue weighted by Gasteiger charge is 2.13. The standard InChI is InChI=1S/C13H20N2O/c1-4-6-9(2)13(16)15-12-8-5-7-11(14)10(12)3/h5,7-9H,4,6,14H2,1-3H3,(H,15,16). The third kappa shape index (κ3) is 2.99. The summed E-state index contributed by atoms with van der Waals surface area (Å²) >= 11 is 0. The van der Waals surface area contributed by atoms with Gasteiger partial charge in [0.1, 0.15) is 0 Å². The summed E-state index contributed by atoms with van der Waals surface area (Å²) < 4.78 is 0. The monoisotopic (exact) mass is 220 g/mol. The number of carbonyl (C=O) groups is 1. The van der Waals surface area contributed by atoms with Gasteiger partial charge in [-0.25, -0.2) is 0 Å². The predicted molar refractivity (Wildman–Crippen MR) is 68.3 cm³/mol. The average molecular weight is 220 g/mol. The summed E-state index contributed by atoms with van der Waals surface area (Å²) in [4.78, 5) is 11.8. The summed E-state index contributed by atoms with van der Waals surface area (Å²) in [6.07, 6.45) is 1.93. The Hall–Kier alpha value is -1.51. The molecule has 0 heterocycles. The van der Waals surface area contributed by atoms with Crippen LogP contribution in [0.1, 0.15) is 32.3 Å². The smallest absolute Gasteiger partial charge is 0.227 e. The second-order valence-corrected chi connectivity index (χ2v) is 4.20. The van der Waals surface area contributed by atoms with E-state index in [1.54, 1.807) is 0 Å². The van der Waals surface area contributed by atoms with Crippen molar-refractivity contribution in [3.8, 4) is 0 Å². The van der Waals surface area contributed by atoms with Gasteiger partial charge in [0.25, 0.3) is 0 Å². The van der Waals surface area contributed by atoms with E-state index in [-0.39, 0.29) is 11.8 Å². The lowest BCUT2D eigenvalue weighted by Gasteiger charge is -2.13. The lowest BCUT2D eigenvalue weighted by molar-refractivity contribution is -0.119. The Balaban J connectivity index is 2.73. The number of benzene rings is 1. The first-order valence-electron chi connectivity index (χ1n) is 5.72. The Morgan fingerprint density at radius 3 is 2.81 bits per heavy atom. The molecule has 1 amide bonds. The SMILES string of the molecule is CCCC(C)C(=O)Nc1cccc(N)c1C. The van der Waals surface area contributed by atoms with E-state index >= 15 is 0 Å². The molecule has 1 unspecified atom stereocenters. The zero-order valence-electron chi connectivity index (χ0n) is 10.2. The molecule has 0 bridgehead atoms. The number of hydrogen-bond donors (Lipinski definition) is 2. The van der Waals surface area contributed by atoms with Gasteiger partial charge in [-0.1, -0.05) is 26.3 Å². The van der Waals surface area contributed by atoms with Crippen LogP contribution in [-0.2, 0) is 4.79 Å². The van der Waals surface area contributed by atoms with Crippen molar-refractivity contribution in [2.45, 2.75) is 33.6 Å². The van der Waals surface area contributed by atoms with Gasteiger partial charge in [0.05, 0.1) is 0 Å². The summed E-state index contributed by atoms with van der Waals surface area (Å²) in [5.74, 6) is 0.112. The number of nitrogens with one attached hydrogen (secondary N) is 1. The van der Waals surface area contributed by atoms with Crippen molar-refractivity contribution in [2.75, 3.05) is 11.1 Å². The Morgan fingerprint density at radius 1 is 1.50 bits per heavy atom. The lowest BCUT2D eigenvalue weighted by atomic mass is 10.0. The van der Waals surface area contributed by atoms with Gasteiger partial charge in [-0.15, -0.1) is 0 Å². The quantitative estimate of drug-likeness (QED) is 0.766. The van der Waals surface area contributed by atoms with Crippen LogP contribution in [-0.4, -0.2) is 5.91 Å². The molecule has 0 aromatic heterocycles. The molecule has 0 fully saturated rings. The van der Waals surface area contributed by atoms with E-state index in [1.807, 2.05) is 32.0 Å². The molecule has 16 heavy (non-hydrogen) atoms. The zero-order valence-corrected chi connectivity index (χ0v) is 10.2. The van der Waals surface area contributed by atoms with Crippen LogP contribution in [0.2, 0.25) is 0 Å². The third-order valence-electron chi connectivity index (χ3n) is 2.80. The molecule has 3 heteroatoms. The molecule has 0 aliphatic heterocycles. The second-order valence-electron chi connectivity index (χ2n) is 4.20. The van der Waals surface area contributed by atoms with Gasteiger partial charge in [-0.2, -0.15) is 0 Å². The first-order valence-corrected chi connectivity index (χ1v) is 5.72. The van der Waals surface area contributed by atoms with E-state index in [0.29, 0.717) is 5.69 Å². The summed E-state index contributed by atoms with van der Waals surface area (Å²) in [6.45, 7) is 5.94. The van der Waals surface area contributed by atoms with Gasteiger partial charge in [-0.3, -0.25) is 4.79 Å². The molecule has 0 radical (unpaired) electrons. The number of nitrogens with two attached hydrogens (primary N) is 1. The van der Waals surface area contributed by atoms with Gasteiger partial charge in [0.15, 0.2) is 0 Å². The molecular weight excluding hydrogens is 200 g/mol. The molecule has 0 aliphatic rings. The van der Waals surface area contributed by atoms with Crippen molar-refractivity contribution in [3.05, 3.63) is 23.8 Å². The van der Waals surface area contributed by atoms with E-state index in [4.69, 9.17) is 5.73 Å². The second kappa shape index (κ2) is 5.54. The minimum Gasteiger partial charge on any atom is -0.398 e. The zero-order chi connectivity index (χ0) is 12.1. The molecule has 88 valence electrons. The van der Waals surface area contributed by atoms with Gasteiger partial charge in [0.2, 0.25) is 5.91 Å². The summed E-state index contributed by atoms with van der Waals surface area (Å²) in [5.41, 5.74) is 8.23. The lowest BCUT2D eigenvalue weighted by Crippen LogP contribution is -2.20. The highest BCUT2D eigenvalue weighted by molar-refractivity contribution is 5.93. The maximum atomic E-state index is 11.8. The van der Waals surface area contributed by atoms with Crippen molar-refractivity contribution < 1.29 is 4.79 Å².